The predicted molar refractivity (Wildman–Crippen MR) is 136 cm³/mol. The molecule has 4 heterocycles. The minimum atomic E-state index is -0.111. The number of methoxy groups -OCH3 is 1. The van der Waals surface area contributed by atoms with Crippen molar-refractivity contribution < 1.29 is 9.47 Å². The highest BCUT2D eigenvalue weighted by Crippen LogP contribution is 2.30. The summed E-state index contributed by atoms with van der Waals surface area (Å²) in [5.41, 5.74) is 11.6. The summed E-state index contributed by atoms with van der Waals surface area (Å²) in [4.78, 5) is 14.2. The second-order valence-electron chi connectivity index (χ2n) is 10.0. The molecule has 2 aromatic carbocycles. The molecular formula is C26H31N7O2. The van der Waals surface area contributed by atoms with Crippen LogP contribution in [-0.2, 0) is 24.2 Å². The summed E-state index contributed by atoms with van der Waals surface area (Å²) in [6, 6.07) is 12.7. The van der Waals surface area contributed by atoms with E-state index in [1.54, 1.807) is 11.6 Å². The van der Waals surface area contributed by atoms with Crippen LogP contribution in [0.3, 0.4) is 0 Å². The first-order valence-corrected chi connectivity index (χ1v) is 12.1. The Hall–Kier alpha value is -3.43. The summed E-state index contributed by atoms with van der Waals surface area (Å²) >= 11 is 0. The van der Waals surface area contributed by atoms with E-state index in [0.29, 0.717) is 22.9 Å². The smallest absolute Gasteiger partial charge is 0.223 e. The number of hydrogen-bond acceptors (Lipinski definition) is 8. The molecule has 9 heteroatoms. The predicted octanol–water partition coefficient (Wildman–Crippen LogP) is 3.04. The number of nitrogens with zero attached hydrogens (tertiary/aromatic N) is 6. The zero-order valence-electron chi connectivity index (χ0n) is 20.5. The molecular weight excluding hydrogens is 442 g/mol. The molecule has 0 bridgehead atoms. The monoisotopic (exact) mass is 473 g/mol. The van der Waals surface area contributed by atoms with Crippen LogP contribution in [0.2, 0.25) is 0 Å². The number of rotatable bonds is 5. The Morgan fingerprint density at radius 1 is 1.11 bits per heavy atom. The van der Waals surface area contributed by atoms with Crippen molar-refractivity contribution in [1.29, 1.82) is 0 Å². The average molecular weight is 474 g/mol. The van der Waals surface area contributed by atoms with Crippen molar-refractivity contribution >= 4 is 28.2 Å². The number of nitrogen functional groups attached to an aromatic ring is 1. The lowest BCUT2D eigenvalue weighted by Gasteiger charge is -2.39. The quantitative estimate of drug-likeness (QED) is 0.473. The van der Waals surface area contributed by atoms with Crippen LogP contribution in [0.15, 0.2) is 36.4 Å². The fourth-order valence-corrected chi connectivity index (χ4v) is 5.24. The van der Waals surface area contributed by atoms with Crippen molar-refractivity contribution in [3.63, 3.8) is 0 Å². The van der Waals surface area contributed by atoms with Gasteiger partial charge in [-0.05, 0) is 49.2 Å². The third kappa shape index (κ3) is 4.04. The fraction of sp³-hybridized carbons (Fsp3) is 0.423. The summed E-state index contributed by atoms with van der Waals surface area (Å²) in [6.07, 6.45) is 0.741. The molecule has 0 spiro atoms. The van der Waals surface area contributed by atoms with E-state index in [4.69, 9.17) is 20.2 Å². The van der Waals surface area contributed by atoms with Crippen molar-refractivity contribution in [2.45, 2.75) is 39.0 Å². The minimum absolute atomic E-state index is 0.111. The lowest BCUT2D eigenvalue weighted by Crippen LogP contribution is -2.48. The molecule has 4 aromatic rings. The highest BCUT2D eigenvalue weighted by Gasteiger charge is 2.28. The standard InChI is InChI=1S/C26H31N7O2/c1-26(2)16-32(11-12-35-26)19-8-7-17-14-31(15-18(17)13-19)10-9-22-28-24-20-5-4-6-21(34-3)23(20)29-25(27)33(24)30-22/h4-8,13H,9-12,14-16H2,1-3H3,(H2,27,29). The largest absolute Gasteiger partial charge is 0.494 e. The van der Waals surface area contributed by atoms with Gasteiger partial charge >= 0.3 is 0 Å². The molecule has 0 amide bonds. The molecule has 182 valence electrons. The maximum Gasteiger partial charge on any atom is 0.223 e. The van der Waals surface area contributed by atoms with Gasteiger partial charge in [0, 0.05) is 50.2 Å². The van der Waals surface area contributed by atoms with Gasteiger partial charge in [0.2, 0.25) is 5.95 Å². The van der Waals surface area contributed by atoms with Crippen LogP contribution in [0, 0.1) is 0 Å². The normalized spacial score (nSPS) is 17.9. The number of hydrogen-bond donors (Lipinski definition) is 1. The number of aromatic nitrogens is 4. The fourth-order valence-electron chi connectivity index (χ4n) is 5.24. The van der Waals surface area contributed by atoms with Crippen LogP contribution in [0.1, 0.15) is 30.8 Å². The van der Waals surface area contributed by atoms with Gasteiger partial charge in [-0.15, -0.1) is 5.10 Å². The topological polar surface area (TPSA) is 94.0 Å². The van der Waals surface area contributed by atoms with Gasteiger partial charge in [-0.25, -0.2) is 9.97 Å². The summed E-state index contributed by atoms with van der Waals surface area (Å²) in [6.45, 7) is 9.69. The first-order chi connectivity index (χ1) is 16.9. The number of para-hydroxylation sites is 1. The van der Waals surface area contributed by atoms with Crippen LogP contribution in [-0.4, -0.2) is 63.4 Å². The molecule has 2 N–H and O–H groups in total. The molecule has 2 aliphatic rings. The Morgan fingerprint density at radius 3 is 2.80 bits per heavy atom. The van der Waals surface area contributed by atoms with Crippen molar-refractivity contribution in [1.82, 2.24) is 24.5 Å². The summed E-state index contributed by atoms with van der Waals surface area (Å²) in [5.74, 6) is 1.75. The van der Waals surface area contributed by atoms with Gasteiger partial charge in [-0.2, -0.15) is 4.52 Å². The van der Waals surface area contributed by atoms with Crippen molar-refractivity contribution in [2.75, 3.05) is 44.0 Å². The maximum atomic E-state index is 6.20. The number of benzene rings is 2. The number of nitrogens with two attached hydrogens (primary N) is 1. The van der Waals surface area contributed by atoms with E-state index in [9.17, 15) is 0 Å². The first-order valence-electron chi connectivity index (χ1n) is 12.1. The SMILES string of the molecule is COc1cccc2c1nc(N)n1nc(CCN3Cc4ccc(N5CCOC(C)(C)C5)cc4C3)nc21. The number of anilines is 2. The number of ether oxygens (including phenoxy) is 2. The van der Waals surface area contributed by atoms with Gasteiger partial charge in [-0.1, -0.05) is 12.1 Å². The van der Waals surface area contributed by atoms with E-state index in [2.05, 4.69) is 51.9 Å². The van der Waals surface area contributed by atoms with Gasteiger partial charge in [0.05, 0.1) is 19.3 Å². The van der Waals surface area contributed by atoms with Gasteiger partial charge in [0.15, 0.2) is 11.5 Å². The molecule has 0 radical (unpaired) electrons. The lowest BCUT2D eigenvalue weighted by atomic mass is 10.0. The van der Waals surface area contributed by atoms with Crippen LogP contribution in [0.4, 0.5) is 11.6 Å². The van der Waals surface area contributed by atoms with Crippen LogP contribution >= 0.6 is 0 Å². The molecule has 1 saturated heterocycles. The first kappa shape index (κ1) is 22.1. The molecule has 2 aliphatic heterocycles. The Balaban J connectivity index is 1.17. The third-order valence-corrected chi connectivity index (χ3v) is 6.97. The van der Waals surface area contributed by atoms with E-state index < -0.39 is 0 Å². The number of morpholine rings is 1. The molecule has 0 unspecified atom stereocenters. The van der Waals surface area contributed by atoms with Crippen molar-refractivity contribution in [2.24, 2.45) is 0 Å². The summed E-state index contributed by atoms with van der Waals surface area (Å²) in [5, 5.41) is 5.53. The molecule has 35 heavy (non-hydrogen) atoms. The van der Waals surface area contributed by atoms with Crippen molar-refractivity contribution in [3.05, 3.63) is 53.3 Å². The summed E-state index contributed by atoms with van der Waals surface area (Å²) < 4.78 is 13.0. The Morgan fingerprint density at radius 2 is 1.97 bits per heavy atom. The maximum absolute atomic E-state index is 6.20. The highest BCUT2D eigenvalue weighted by molar-refractivity contribution is 5.95. The third-order valence-electron chi connectivity index (χ3n) is 6.97. The number of fused-ring (bicyclic) bond motifs is 4. The molecule has 0 saturated carbocycles. The Kier molecular flexibility index (Phi) is 5.26. The average Bonchev–Trinajstić information content (AvgIpc) is 3.46. The lowest BCUT2D eigenvalue weighted by molar-refractivity contribution is -0.0276. The van der Waals surface area contributed by atoms with E-state index in [1.807, 2.05) is 18.2 Å². The van der Waals surface area contributed by atoms with E-state index in [0.717, 1.165) is 57.0 Å². The van der Waals surface area contributed by atoms with Gasteiger partial charge in [-0.3, -0.25) is 4.90 Å². The van der Waals surface area contributed by atoms with E-state index >= 15 is 0 Å². The molecule has 6 rings (SSSR count). The minimum Gasteiger partial charge on any atom is -0.494 e. The molecule has 0 atom stereocenters. The van der Waals surface area contributed by atoms with Crippen LogP contribution < -0.4 is 15.4 Å². The molecule has 2 aromatic heterocycles. The Bertz CT molecular complexity index is 1410. The second-order valence-corrected chi connectivity index (χ2v) is 10.0. The van der Waals surface area contributed by atoms with E-state index in [1.165, 1.54) is 16.8 Å². The zero-order valence-corrected chi connectivity index (χ0v) is 20.5. The zero-order chi connectivity index (χ0) is 24.2. The van der Waals surface area contributed by atoms with Gasteiger partial charge in [0.25, 0.3) is 0 Å². The van der Waals surface area contributed by atoms with E-state index in [-0.39, 0.29) is 5.60 Å². The van der Waals surface area contributed by atoms with Gasteiger partial charge < -0.3 is 20.1 Å². The molecule has 0 aliphatic carbocycles. The highest BCUT2D eigenvalue weighted by atomic mass is 16.5. The summed E-state index contributed by atoms with van der Waals surface area (Å²) in [7, 11) is 1.63. The van der Waals surface area contributed by atoms with Crippen LogP contribution in [0.5, 0.6) is 5.75 Å². The second kappa shape index (κ2) is 8.35. The Labute approximate surface area is 204 Å². The van der Waals surface area contributed by atoms with Crippen LogP contribution in [0.25, 0.3) is 16.6 Å². The molecule has 1 fully saturated rings. The van der Waals surface area contributed by atoms with Crippen molar-refractivity contribution in [3.8, 4) is 5.75 Å². The van der Waals surface area contributed by atoms with Gasteiger partial charge in [0.1, 0.15) is 11.3 Å². The molecule has 9 nitrogen and oxygen atoms in total.